The summed E-state index contributed by atoms with van der Waals surface area (Å²) in [4.78, 5) is 14.1. The third kappa shape index (κ3) is 4.31. The summed E-state index contributed by atoms with van der Waals surface area (Å²) in [5.74, 6) is -0.566. The Morgan fingerprint density at radius 2 is 1.84 bits per heavy atom. The normalized spacial score (nSPS) is 16.8. The van der Waals surface area contributed by atoms with Gasteiger partial charge in [0, 0.05) is 12.1 Å². The molecule has 4 N–H and O–H groups in total. The molecule has 1 aromatic heterocycles. The molecule has 0 saturated carbocycles. The Morgan fingerprint density at radius 3 is 2.47 bits per heavy atom. The number of hydrogen-bond acceptors (Lipinski definition) is 4. The van der Waals surface area contributed by atoms with Crippen LogP contribution in [0.2, 0.25) is 0 Å². The molecule has 2 heterocycles. The van der Waals surface area contributed by atoms with Crippen molar-refractivity contribution in [1.29, 1.82) is 0 Å². The second kappa shape index (κ2) is 9.00. The van der Waals surface area contributed by atoms with Crippen molar-refractivity contribution in [2.45, 2.75) is 19.1 Å². The first-order valence-corrected chi connectivity index (χ1v) is 10.5. The van der Waals surface area contributed by atoms with Crippen molar-refractivity contribution < 1.29 is 13.6 Å². The van der Waals surface area contributed by atoms with Crippen LogP contribution in [0.1, 0.15) is 17.5 Å². The fourth-order valence-electron chi connectivity index (χ4n) is 3.67. The fourth-order valence-corrected chi connectivity index (χ4v) is 3.97. The number of likely N-dealkylation sites (tertiary alicyclic amines) is 1. The minimum Gasteiger partial charge on any atom is -0.397 e. The molecule has 1 unspecified atom stereocenters. The second-order valence-corrected chi connectivity index (χ2v) is 7.97. The monoisotopic (exact) mass is 457 g/mol. The van der Waals surface area contributed by atoms with Crippen LogP contribution in [0.25, 0.3) is 22.0 Å². The summed E-state index contributed by atoms with van der Waals surface area (Å²) in [6.07, 6.45) is -0.712. The lowest BCUT2D eigenvalue weighted by Gasteiger charge is -2.15. The van der Waals surface area contributed by atoms with Crippen LogP contribution in [-0.2, 0) is 11.3 Å². The number of nitrogen functional groups attached to an aromatic ring is 1. The van der Waals surface area contributed by atoms with Crippen LogP contribution in [0.5, 0.6) is 0 Å². The second-order valence-electron chi connectivity index (χ2n) is 7.59. The van der Waals surface area contributed by atoms with Crippen molar-refractivity contribution in [2.75, 3.05) is 18.8 Å². The Bertz CT molecular complexity index is 1160. The molecule has 0 bridgehead atoms. The summed E-state index contributed by atoms with van der Waals surface area (Å²) in [6, 6.07) is 14.8. The molecule has 1 atom stereocenters. The Balaban J connectivity index is 1.78. The molecule has 0 spiro atoms. The van der Waals surface area contributed by atoms with Gasteiger partial charge in [-0.3, -0.25) is 4.79 Å². The van der Waals surface area contributed by atoms with Crippen molar-refractivity contribution in [1.82, 2.24) is 14.7 Å². The average Bonchev–Trinajstić information content (AvgIpc) is 3.37. The van der Waals surface area contributed by atoms with Gasteiger partial charge in [0.2, 0.25) is 5.91 Å². The summed E-state index contributed by atoms with van der Waals surface area (Å²) in [7, 11) is 0. The fraction of sp³-hybridized carbons (Fsp3) is 0.217. The number of aromatic nitrogens is 2. The lowest BCUT2D eigenvalue weighted by atomic mass is 10.0. The molecule has 1 aliphatic heterocycles. The van der Waals surface area contributed by atoms with E-state index in [9.17, 15) is 13.6 Å². The highest BCUT2D eigenvalue weighted by Crippen LogP contribution is 2.38. The van der Waals surface area contributed by atoms with Crippen LogP contribution >= 0.6 is 11.6 Å². The SMILES string of the molecule is N/C(=C(/Cl)c1c(-c2ccc(F)cc2)nn(CC(=O)N2CCC(F)C2)c1N)c1ccccc1. The van der Waals surface area contributed by atoms with Gasteiger partial charge in [-0.15, -0.1) is 0 Å². The number of nitrogens with zero attached hydrogens (tertiary/aromatic N) is 3. The number of benzene rings is 2. The zero-order chi connectivity index (χ0) is 22.8. The van der Waals surface area contributed by atoms with E-state index in [-0.39, 0.29) is 35.5 Å². The molecule has 4 rings (SSSR count). The zero-order valence-electron chi connectivity index (χ0n) is 17.1. The van der Waals surface area contributed by atoms with E-state index in [2.05, 4.69) is 5.10 Å². The number of halogens is 3. The molecule has 2 aromatic carbocycles. The van der Waals surface area contributed by atoms with Crippen molar-refractivity contribution in [3.8, 4) is 11.3 Å². The van der Waals surface area contributed by atoms with Gasteiger partial charge in [-0.2, -0.15) is 5.10 Å². The van der Waals surface area contributed by atoms with Gasteiger partial charge in [-0.1, -0.05) is 41.9 Å². The first-order valence-electron chi connectivity index (χ1n) is 10.1. The Morgan fingerprint density at radius 1 is 1.16 bits per heavy atom. The number of hydrogen-bond donors (Lipinski definition) is 2. The standard InChI is InChI=1S/C23H22ClF2N5O/c24-20(21(27)14-4-2-1-3-5-14)19-22(15-6-8-16(25)9-7-15)29-31(23(19)28)13-18(32)30-11-10-17(26)12-30/h1-9,17H,10-13,27-28H2/b21-20+. The van der Waals surface area contributed by atoms with E-state index < -0.39 is 12.0 Å². The van der Waals surface area contributed by atoms with Crippen molar-refractivity contribution in [3.05, 3.63) is 71.5 Å². The minimum atomic E-state index is -1.03. The molecule has 6 nitrogen and oxygen atoms in total. The molecule has 0 radical (unpaired) electrons. The van der Waals surface area contributed by atoms with Crippen LogP contribution in [0, 0.1) is 5.82 Å². The number of carbonyl (C=O) groups excluding carboxylic acids is 1. The number of nitrogens with two attached hydrogens (primary N) is 2. The van der Waals surface area contributed by atoms with Crippen LogP contribution in [0.3, 0.4) is 0 Å². The predicted octanol–water partition coefficient (Wildman–Crippen LogP) is 3.87. The molecule has 166 valence electrons. The lowest BCUT2D eigenvalue weighted by Crippen LogP contribution is -2.32. The predicted molar refractivity (Wildman–Crippen MR) is 121 cm³/mol. The van der Waals surface area contributed by atoms with Gasteiger partial charge in [0.15, 0.2) is 0 Å². The minimum absolute atomic E-state index is 0.0549. The lowest BCUT2D eigenvalue weighted by molar-refractivity contribution is -0.131. The van der Waals surface area contributed by atoms with Gasteiger partial charge >= 0.3 is 0 Å². The summed E-state index contributed by atoms with van der Waals surface area (Å²) < 4.78 is 28.3. The summed E-state index contributed by atoms with van der Waals surface area (Å²) in [6.45, 7) is 0.224. The van der Waals surface area contributed by atoms with Gasteiger partial charge in [-0.25, -0.2) is 13.5 Å². The number of carbonyl (C=O) groups is 1. The third-order valence-electron chi connectivity index (χ3n) is 5.42. The third-order valence-corrected chi connectivity index (χ3v) is 5.81. The molecule has 1 fully saturated rings. The van der Waals surface area contributed by atoms with Gasteiger partial charge in [0.25, 0.3) is 0 Å². The van der Waals surface area contributed by atoms with Crippen molar-refractivity contribution in [3.63, 3.8) is 0 Å². The van der Waals surface area contributed by atoms with E-state index in [4.69, 9.17) is 23.1 Å². The highest BCUT2D eigenvalue weighted by atomic mass is 35.5. The summed E-state index contributed by atoms with van der Waals surface area (Å²) in [5, 5.41) is 4.65. The number of alkyl halides is 1. The molecular weight excluding hydrogens is 436 g/mol. The first kappa shape index (κ1) is 21.8. The largest absolute Gasteiger partial charge is 0.397 e. The van der Waals surface area contributed by atoms with E-state index in [1.807, 2.05) is 18.2 Å². The quantitative estimate of drug-likeness (QED) is 0.608. The summed E-state index contributed by atoms with van der Waals surface area (Å²) in [5.41, 5.74) is 14.9. The van der Waals surface area contributed by atoms with E-state index in [0.717, 1.165) is 0 Å². The molecule has 0 aliphatic carbocycles. The van der Waals surface area contributed by atoms with Gasteiger partial charge < -0.3 is 16.4 Å². The Hall–Kier alpha value is -3.39. The van der Waals surface area contributed by atoms with Gasteiger partial charge in [-0.05, 0) is 36.2 Å². The molecule has 1 amide bonds. The average molecular weight is 458 g/mol. The number of amides is 1. The maximum atomic E-state index is 13.5. The maximum Gasteiger partial charge on any atom is 0.244 e. The summed E-state index contributed by atoms with van der Waals surface area (Å²) >= 11 is 6.68. The number of rotatable bonds is 5. The van der Waals surface area contributed by atoms with Crippen LogP contribution in [-0.4, -0.2) is 39.8 Å². The highest BCUT2D eigenvalue weighted by molar-refractivity contribution is 6.53. The van der Waals surface area contributed by atoms with Crippen molar-refractivity contribution in [2.24, 2.45) is 5.73 Å². The molecule has 32 heavy (non-hydrogen) atoms. The van der Waals surface area contributed by atoms with E-state index >= 15 is 0 Å². The van der Waals surface area contributed by atoms with E-state index in [1.54, 1.807) is 24.3 Å². The van der Waals surface area contributed by atoms with Crippen LogP contribution < -0.4 is 11.5 Å². The van der Waals surface area contributed by atoms with Crippen LogP contribution in [0.4, 0.5) is 14.6 Å². The highest BCUT2D eigenvalue weighted by Gasteiger charge is 2.28. The maximum absolute atomic E-state index is 13.5. The van der Waals surface area contributed by atoms with Gasteiger partial charge in [0.1, 0.15) is 30.0 Å². The zero-order valence-corrected chi connectivity index (χ0v) is 17.9. The molecule has 9 heteroatoms. The molecular formula is C23H22ClF2N5O. The molecule has 3 aromatic rings. The van der Waals surface area contributed by atoms with Crippen molar-refractivity contribution >= 4 is 34.1 Å². The molecule has 1 aliphatic rings. The Kier molecular flexibility index (Phi) is 6.14. The topological polar surface area (TPSA) is 90.2 Å². The van der Waals surface area contributed by atoms with E-state index in [1.165, 1.54) is 21.7 Å². The smallest absolute Gasteiger partial charge is 0.244 e. The number of anilines is 1. The van der Waals surface area contributed by atoms with Gasteiger partial charge in [0.05, 0.1) is 22.8 Å². The Labute approximate surface area is 189 Å². The van der Waals surface area contributed by atoms with E-state index in [0.29, 0.717) is 35.3 Å². The molecule has 1 saturated heterocycles. The van der Waals surface area contributed by atoms with Crippen LogP contribution in [0.15, 0.2) is 54.6 Å². The first-order chi connectivity index (χ1) is 15.3.